The van der Waals surface area contributed by atoms with Crippen molar-refractivity contribution < 1.29 is 28.3 Å². The monoisotopic (exact) mass is 596 g/mol. The summed E-state index contributed by atoms with van der Waals surface area (Å²) in [6.45, 7) is 5.97. The maximum absolute atomic E-state index is 14.9. The highest BCUT2D eigenvalue weighted by molar-refractivity contribution is 6.30. The van der Waals surface area contributed by atoms with Gasteiger partial charge in [0.15, 0.2) is 0 Å². The van der Waals surface area contributed by atoms with Crippen LogP contribution < -0.4 is 0 Å². The molecule has 0 bridgehead atoms. The molecule has 1 fully saturated rings. The van der Waals surface area contributed by atoms with Crippen molar-refractivity contribution in [2.45, 2.75) is 51.6 Å². The van der Waals surface area contributed by atoms with Crippen molar-refractivity contribution in [1.82, 2.24) is 19.5 Å². The number of carbonyl (C=O) groups is 2. The maximum atomic E-state index is 14.9. The fraction of sp³-hybridized carbons (Fsp3) is 0.464. The lowest BCUT2D eigenvalue weighted by molar-refractivity contribution is -0.187. The van der Waals surface area contributed by atoms with Gasteiger partial charge in [-0.3, -0.25) is 14.4 Å². The van der Waals surface area contributed by atoms with Crippen LogP contribution in [0.3, 0.4) is 0 Å². The second kappa shape index (κ2) is 12.0. The molecule has 8 nitrogen and oxygen atoms in total. The van der Waals surface area contributed by atoms with Gasteiger partial charge in [0.2, 0.25) is 0 Å². The van der Waals surface area contributed by atoms with Gasteiger partial charge >= 0.3 is 5.97 Å². The van der Waals surface area contributed by atoms with Gasteiger partial charge in [-0.1, -0.05) is 31.5 Å². The smallest absolute Gasteiger partial charge is 0.303 e. The second-order valence-corrected chi connectivity index (χ2v) is 11.4. The normalized spacial score (nSPS) is 17.5. The van der Waals surface area contributed by atoms with Gasteiger partial charge in [-0.2, -0.15) is 5.06 Å². The van der Waals surface area contributed by atoms with Gasteiger partial charge in [0, 0.05) is 54.3 Å². The van der Waals surface area contributed by atoms with Crippen molar-refractivity contribution in [2.24, 2.45) is 5.92 Å². The van der Waals surface area contributed by atoms with Gasteiger partial charge in [0.1, 0.15) is 28.9 Å². The number of piperidine rings is 1. The minimum Gasteiger partial charge on any atom is -0.481 e. The topological polar surface area (TPSA) is 87.9 Å². The van der Waals surface area contributed by atoms with Gasteiger partial charge in [0.05, 0.1) is 13.1 Å². The Morgan fingerprint density at radius 1 is 1.20 bits per heavy atom. The van der Waals surface area contributed by atoms with E-state index in [2.05, 4.69) is 18.8 Å². The number of hydrogen-bond donors (Lipinski definition) is 1. The van der Waals surface area contributed by atoms with Gasteiger partial charge in [-0.25, -0.2) is 13.8 Å². The lowest BCUT2D eigenvalue weighted by atomic mass is 9.79. The summed E-state index contributed by atoms with van der Waals surface area (Å²) < 4.78 is 30.6. The molecule has 1 amide bonds. The first-order chi connectivity index (χ1) is 18.5. The molecule has 3 aromatic rings. The number of aliphatic carboxylic acids is 1. The summed E-state index contributed by atoms with van der Waals surface area (Å²) in [5.41, 5.74) is 2.34. The van der Waals surface area contributed by atoms with Crippen LogP contribution in [0, 0.1) is 17.6 Å². The van der Waals surface area contributed by atoms with Gasteiger partial charge in [0.25, 0.3) is 5.91 Å². The van der Waals surface area contributed by atoms with E-state index in [1.54, 1.807) is 16.2 Å². The van der Waals surface area contributed by atoms with E-state index in [1.165, 1.54) is 6.07 Å². The summed E-state index contributed by atoms with van der Waals surface area (Å²) in [5, 5.41) is 11.1. The number of fused-ring (bicyclic) bond motifs is 3. The Balaban J connectivity index is 0.00000370. The molecule has 1 saturated heterocycles. The van der Waals surface area contributed by atoms with Crippen LogP contribution in [0.5, 0.6) is 0 Å². The van der Waals surface area contributed by atoms with E-state index in [4.69, 9.17) is 21.5 Å². The lowest BCUT2D eigenvalue weighted by Crippen LogP contribution is -2.47. The van der Waals surface area contributed by atoms with Crippen LogP contribution >= 0.6 is 24.0 Å². The molecule has 4 heterocycles. The quantitative estimate of drug-likeness (QED) is 0.378. The predicted molar refractivity (Wildman–Crippen MR) is 148 cm³/mol. The highest BCUT2D eigenvalue weighted by atomic mass is 35.5. The Bertz CT molecular complexity index is 1420. The molecule has 2 aliphatic heterocycles. The zero-order valence-electron chi connectivity index (χ0n) is 22.3. The molecule has 0 aliphatic carbocycles. The highest BCUT2D eigenvalue weighted by Gasteiger charge is 2.39. The number of rotatable bonds is 7. The number of amides is 1. The van der Waals surface area contributed by atoms with Crippen LogP contribution in [0.25, 0.3) is 11.0 Å². The Morgan fingerprint density at radius 2 is 1.93 bits per heavy atom. The van der Waals surface area contributed by atoms with Crippen LogP contribution in [0.2, 0.25) is 5.02 Å². The average molecular weight is 597 g/mol. The molecule has 2 aliphatic rings. The van der Waals surface area contributed by atoms with Crippen LogP contribution in [0.15, 0.2) is 30.5 Å². The third kappa shape index (κ3) is 5.95. The third-order valence-electron chi connectivity index (χ3n) is 7.73. The molecule has 0 saturated carbocycles. The zero-order valence-corrected chi connectivity index (χ0v) is 23.9. The first-order valence-corrected chi connectivity index (χ1v) is 13.4. The zero-order chi connectivity index (χ0) is 27.9. The van der Waals surface area contributed by atoms with Gasteiger partial charge in [-0.05, 0) is 42.5 Å². The number of hydroxylamine groups is 2. The van der Waals surface area contributed by atoms with E-state index in [-0.39, 0.29) is 55.9 Å². The van der Waals surface area contributed by atoms with E-state index < -0.39 is 28.0 Å². The first kappa shape index (κ1) is 30.2. The van der Waals surface area contributed by atoms with Crippen LogP contribution in [0.4, 0.5) is 8.78 Å². The molecule has 0 radical (unpaired) electrons. The second-order valence-electron chi connectivity index (χ2n) is 11.0. The molecule has 0 atom stereocenters. The van der Waals surface area contributed by atoms with E-state index in [9.17, 15) is 18.4 Å². The molecule has 1 aromatic carbocycles. The lowest BCUT2D eigenvalue weighted by Gasteiger charge is -2.39. The number of aromatic nitrogens is 2. The average Bonchev–Trinajstić information content (AvgIpc) is 3.22. The molecule has 40 heavy (non-hydrogen) atoms. The van der Waals surface area contributed by atoms with Crippen molar-refractivity contribution in [1.29, 1.82) is 0 Å². The minimum absolute atomic E-state index is 0. The highest BCUT2D eigenvalue weighted by Crippen LogP contribution is 2.40. The van der Waals surface area contributed by atoms with Gasteiger partial charge < -0.3 is 14.6 Å². The number of carbonyl (C=O) groups excluding carboxylic acids is 1. The van der Waals surface area contributed by atoms with Crippen LogP contribution in [0.1, 0.15) is 49.9 Å². The van der Waals surface area contributed by atoms with Crippen molar-refractivity contribution in [3.63, 3.8) is 0 Å². The Morgan fingerprint density at radius 3 is 2.62 bits per heavy atom. The van der Waals surface area contributed by atoms with Crippen molar-refractivity contribution >= 4 is 46.9 Å². The van der Waals surface area contributed by atoms with Crippen LogP contribution in [-0.4, -0.2) is 62.7 Å². The Labute approximate surface area is 242 Å². The summed E-state index contributed by atoms with van der Waals surface area (Å²) in [6, 6.07) is 6.35. The molecule has 0 spiro atoms. The third-order valence-corrected chi connectivity index (χ3v) is 8.08. The van der Waals surface area contributed by atoms with Crippen molar-refractivity contribution in [3.05, 3.63) is 63.9 Å². The molecule has 12 heteroatoms. The standard InChI is InChI=1S/C28H31ClF2N4O4.ClH/c1-28(2)16-33(22(36)15-39-34-10-7-17(8-11-34)12-23(37)38)14-21-24(28)19-4-3-9-32-27(19)35(21)13-18-5-6-20(30)25(29)26(18)31;/h3-6,9,17H,7-8,10-16H2,1-2H3,(H,37,38);1H. The SMILES string of the molecule is CC1(C)CN(C(=O)CON2CCC(CC(=O)O)CC2)Cc2c1c1cccnc1n2Cc1ccc(F)c(Cl)c1F.Cl. The number of hydrogen-bond acceptors (Lipinski definition) is 5. The fourth-order valence-electron chi connectivity index (χ4n) is 5.87. The molecular formula is C28H32Cl2F2N4O4. The van der Waals surface area contributed by atoms with E-state index in [0.717, 1.165) is 22.7 Å². The number of nitrogens with zero attached hydrogens (tertiary/aromatic N) is 4. The molecule has 0 unspecified atom stereocenters. The van der Waals surface area contributed by atoms with E-state index >= 15 is 0 Å². The summed E-state index contributed by atoms with van der Waals surface area (Å²) >= 11 is 5.85. The Hall–Kier alpha value is -2.79. The molecular weight excluding hydrogens is 565 g/mol. The number of carboxylic acid groups (broad SMARTS) is 1. The number of benzene rings is 1. The van der Waals surface area contributed by atoms with Gasteiger partial charge in [-0.15, -0.1) is 12.4 Å². The Kier molecular flexibility index (Phi) is 9.04. The summed E-state index contributed by atoms with van der Waals surface area (Å²) in [6.07, 6.45) is 3.23. The first-order valence-electron chi connectivity index (χ1n) is 13.0. The predicted octanol–water partition coefficient (Wildman–Crippen LogP) is 5.18. The number of pyridine rings is 1. The van der Waals surface area contributed by atoms with Crippen molar-refractivity contribution in [3.8, 4) is 0 Å². The van der Waals surface area contributed by atoms with Crippen LogP contribution in [-0.2, 0) is 32.9 Å². The minimum atomic E-state index is -0.820. The number of halogens is 4. The fourth-order valence-corrected chi connectivity index (χ4v) is 6.05. The number of carboxylic acids is 1. The summed E-state index contributed by atoms with van der Waals surface area (Å²) in [4.78, 5) is 36.4. The van der Waals surface area contributed by atoms with E-state index in [0.29, 0.717) is 38.1 Å². The molecule has 5 rings (SSSR count). The molecule has 216 valence electrons. The molecule has 2 aromatic heterocycles. The summed E-state index contributed by atoms with van der Waals surface area (Å²) in [5.74, 6) is -2.49. The van der Waals surface area contributed by atoms with Crippen molar-refractivity contribution in [2.75, 3.05) is 26.2 Å². The van der Waals surface area contributed by atoms with E-state index in [1.807, 2.05) is 16.7 Å². The maximum Gasteiger partial charge on any atom is 0.303 e. The molecule has 1 N–H and O–H groups in total. The summed E-state index contributed by atoms with van der Waals surface area (Å²) in [7, 11) is 0. The largest absolute Gasteiger partial charge is 0.481 e.